The van der Waals surface area contributed by atoms with Crippen LogP contribution in [0.1, 0.15) is 6.92 Å². The van der Waals surface area contributed by atoms with Gasteiger partial charge in [-0.1, -0.05) is 0 Å². The number of amides is 1. The highest BCUT2D eigenvalue weighted by Gasteiger charge is 2.17. The molecular weight excluding hydrogens is 320 g/mol. The van der Waals surface area contributed by atoms with Crippen molar-refractivity contribution in [2.24, 2.45) is 0 Å². The van der Waals surface area contributed by atoms with Crippen LogP contribution < -0.4 is 19.5 Å². The van der Waals surface area contributed by atoms with E-state index in [1.165, 1.54) is 21.1 Å². The molecule has 0 aliphatic heterocycles. The summed E-state index contributed by atoms with van der Waals surface area (Å²) in [5.74, 6) is -0.810. The first kappa shape index (κ1) is 17.5. The maximum Gasteiger partial charge on any atom is 0.265 e. The van der Waals surface area contributed by atoms with Gasteiger partial charge in [-0.3, -0.25) is 4.79 Å². The molecule has 1 N–H and O–H groups in total. The van der Waals surface area contributed by atoms with Crippen molar-refractivity contribution in [2.45, 2.75) is 13.0 Å². The van der Waals surface area contributed by atoms with Crippen LogP contribution in [0.4, 0.5) is 14.5 Å². The Balaban J connectivity index is 2.08. The van der Waals surface area contributed by atoms with Crippen LogP contribution in [0.5, 0.6) is 17.2 Å². The molecule has 0 aliphatic carbocycles. The molecule has 2 aromatic rings. The molecule has 0 aromatic heterocycles. The van der Waals surface area contributed by atoms with Gasteiger partial charge in [0.1, 0.15) is 28.9 Å². The number of anilines is 1. The Morgan fingerprint density at radius 1 is 1.00 bits per heavy atom. The van der Waals surface area contributed by atoms with Crippen molar-refractivity contribution in [2.75, 3.05) is 19.5 Å². The van der Waals surface area contributed by atoms with Crippen LogP contribution in [0.2, 0.25) is 0 Å². The number of rotatable bonds is 6. The van der Waals surface area contributed by atoms with Gasteiger partial charge in [-0.05, 0) is 19.1 Å². The predicted molar refractivity (Wildman–Crippen MR) is 84.6 cm³/mol. The second kappa shape index (κ2) is 7.63. The lowest BCUT2D eigenvalue weighted by molar-refractivity contribution is -0.122. The molecule has 1 unspecified atom stereocenters. The number of hydrogen-bond donors (Lipinski definition) is 1. The van der Waals surface area contributed by atoms with Crippen molar-refractivity contribution in [3.8, 4) is 17.2 Å². The molecule has 0 bridgehead atoms. The molecular formula is C17H17F2NO4. The number of nitrogens with one attached hydrogen (secondary N) is 1. The lowest BCUT2D eigenvalue weighted by Gasteiger charge is -2.16. The van der Waals surface area contributed by atoms with Crippen molar-refractivity contribution >= 4 is 11.6 Å². The Labute approximate surface area is 138 Å². The maximum absolute atomic E-state index is 13.6. The Kier molecular flexibility index (Phi) is 5.57. The Morgan fingerprint density at radius 2 is 1.58 bits per heavy atom. The molecule has 2 aromatic carbocycles. The first-order valence-electron chi connectivity index (χ1n) is 7.08. The van der Waals surface area contributed by atoms with E-state index in [2.05, 4.69) is 5.32 Å². The minimum atomic E-state index is -0.925. The molecule has 0 spiro atoms. The number of benzene rings is 2. The van der Waals surface area contributed by atoms with Crippen molar-refractivity contribution in [3.05, 3.63) is 48.0 Å². The van der Waals surface area contributed by atoms with Gasteiger partial charge in [-0.25, -0.2) is 8.78 Å². The zero-order valence-corrected chi connectivity index (χ0v) is 13.4. The third-order valence-electron chi connectivity index (χ3n) is 3.20. The fraction of sp³-hybridized carbons (Fsp3) is 0.235. The summed E-state index contributed by atoms with van der Waals surface area (Å²) in [4.78, 5) is 12.1. The van der Waals surface area contributed by atoms with Crippen molar-refractivity contribution in [1.29, 1.82) is 0 Å². The van der Waals surface area contributed by atoms with Crippen LogP contribution in [-0.2, 0) is 4.79 Å². The molecule has 5 nitrogen and oxygen atoms in total. The van der Waals surface area contributed by atoms with E-state index < -0.39 is 23.6 Å². The quantitative estimate of drug-likeness (QED) is 0.878. The number of ether oxygens (including phenoxy) is 3. The van der Waals surface area contributed by atoms with Gasteiger partial charge in [0.05, 0.1) is 19.9 Å². The Hall–Kier alpha value is -2.83. The lowest BCUT2D eigenvalue weighted by Crippen LogP contribution is -2.30. The van der Waals surface area contributed by atoms with E-state index in [1.807, 2.05) is 0 Å². The smallest absolute Gasteiger partial charge is 0.265 e. The molecule has 0 saturated heterocycles. The van der Waals surface area contributed by atoms with Crippen LogP contribution in [0.3, 0.4) is 0 Å². The van der Waals surface area contributed by atoms with Gasteiger partial charge in [0, 0.05) is 24.3 Å². The van der Waals surface area contributed by atoms with E-state index in [0.29, 0.717) is 23.3 Å². The minimum Gasteiger partial charge on any atom is -0.496 e. The van der Waals surface area contributed by atoms with Gasteiger partial charge in [0.15, 0.2) is 6.10 Å². The molecule has 0 radical (unpaired) electrons. The summed E-state index contributed by atoms with van der Waals surface area (Å²) >= 11 is 0. The standard InChI is InChI=1S/C17H17F2NO4/c1-10(17(21)20-16-5-4-11(18)6-15(16)19)24-14-8-12(22-2)7-13(9-14)23-3/h4-10H,1-3H3,(H,20,21). The Bertz CT molecular complexity index is 714. The van der Waals surface area contributed by atoms with Crippen molar-refractivity contribution in [3.63, 3.8) is 0 Å². The summed E-state index contributed by atoms with van der Waals surface area (Å²) in [6.45, 7) is 1.50. The van der Waals surface area contributed by atoms with Gasteiger partial charge in [0.25, 0.3) is 5.91 Å². The fourth-order valence-corrected chi connectivity index (χ4v) is 1.93. The second-order valence-electron chi connectivity index (χ2n) is 4.92. The number of hydrogen-bond acceptors (Lipinski definition) is 4. The van der Waals surface area contributed by atoms with E-state index in [-0.39, 0.29) is 5.69 Å². The topological polar surface area (TPSA) is 56.8 Å². The van der Waals surface area contributed by atoms with Crippen molar-refractivity contribution in [1.82, 2.24) is 0 Å². The highest BCUT2D eigenvalue weighted by molar-refractivity contribution is 5.94. The van der Waals surface area contributed by atoms with E-state index in [9.17, 15) is 13.6 Å². The first-order chi connectivity index (χ1) is 11.4. The van der Waals surface area contributed by atoms with Crippen molar-refractivity contribution < 1.29 is 27.8 Å². The number of carbonyl (C=O) groups is 1. The van der Waals surface area contributed by atoms with E-state index >= 15 is 0 Å². The molecule has 0 heterocycles. The van der Waals surface area contributed by atoms with Crippen LogP contribution in [0.15, 0.2) is 36.4 Å². The summed E-state index contributed by atoms with van der Waals surface area (Å²) < 4.78 is 42.2. The van der Waals surface area contributed by atoms with Crippen LogP contribution in [-0.4, -0.2) is 26.2 Å². The predicted octanol–water partition coefficient (Wildman–Crippen LogP) is 3.39. The average Bonchev–Trinajstić information content (AvgIpc) is 2.56. The molecule has 24 heavy (non-hydrogen) atoms. The second-order valence-corrected chi connectivity index (χ2v) is 4.92. The highest BCUT2D eigenvalue weighted by Crippen LogP contribution is 2.28. The molecule has 0 saturated carbocycles. The van der Waals surface area contributed by atoms with Gasteiger partial charge < -0.3 is 19.5 Å². The van der Waals surface area contributed by atoms with Crippen LogP contribution in [0, 0.1) is 11.6 Å². The molecule has 2 rings (SSSR count). The summed E-state index contributed by atoms with van der Waals surface area (Å²) in [6.07, 6.45) is -0.925. The van der Waals surface area contributed by atoms with Crippen LogP contribution in [0.25, 0.3) is 0 Å². The van der Waals surface area contributed by atoms with Crippen LogP contribution >= 0.6 is 0 Å². The van der Waals surface area contributed by atoms with Gasteiger partial charge in [-0.2, -0.15) is 0 Å². The Morgan fingerprint density at radius 3 is 2.12 bits per heavy atom. The fourth-order valence-electron chi connectivity index (χ4n) is 1.93. The average molecular weight is 337 g/mol. The summed E-state index contributed by atoms with van der Waals surface area (Å²) in [7, 11) is 2.98. The molecule has 7 heteroatoms. The molecule has 1 amide bonds. The minimum absolute atomic E-state index is 0.125. The largest absolute Gasteiger partial charge is 0.496 e. The number of methoxy groups -OCH3 is 2. The number of halogens is 2. The molecule has 128 valence electrons. The van der Waals surface area contributed by atoms with E-state index in [0.717, 1.165) is 12.1 Å². The molecule has 0 aliphatic rings. The summed E-state index contributed by atoms with van der Waals surface area (Å²) in [5.41, 5.74) is -0.125. The zero-order valence-electron chi connectivity index (χ0n) is 13.4. The summed E-state index contributed by atoms with van der Waals surface area (Å²) in [6, 6.07) is 7.72. The van der Waals surface area contributed by atoms with Gasteiger partial charge in [-0.15, -0.1) is 0 Å². The third kappa shape index (κ3) is 4.34. The van der Waals surface area contributed by atoms with E-state index in [1.54, 1.807) is 18.2 Å². The first-order valence-corrected chi connectivity index (χ1v) is 7.08. The lowest BCUT2D eigenvalue weighted by atomic mass is 10.2. The zero-order chi connectivity index (χ0) is 17.7. The highest BCUT2D eigenvalue weighted by atomic mass is 19.1. The van der Waals surface area contributed by atoms with Gasteiger partial charge >= 0.3 is 0 Å². The normalized spacial score (nSPS) is 11.5. The third-order valence-corrected chi connectivity index (χ3v) is 3.20. The summed E-state index contributed by atoms with van der Waals surface area (Å²) in [5, 5.41) is 2.35. The SMILES string of the molecule is COc1cc(OC)cc(OC(C)C(=O)Nc2ccc(F)cc2F)c1. The number of carbonyl (C=O) groups excluding carboxylic acids is 1. The maximum atomic E-state index is 13.6. The van der Waals surface area contributed by atoms with Gasteiger partial charge in [0.2, 0.25) is 0 Å². The molecule has 0 fully saturated rings. The molecule has 1 atom stereocenters. The van der Waals surface area contributed by atoms with E-state index in [4.69, 9.17) is 14.2 Å². The monoisotopic (exact) mass is 337 g/mol.